The second-order valence-electron chi connectivity index (χ2n) is 9.40. The third kappa shape index (κ3) is 6.18. The molecule has 11 heteroatoms. The van der Waals surface area contributed by atoms with Crippen molar-refractivity contribution in [2.24, 2.45) is 0 Å². The molecule has 3 unspecified atom stereocenters. The lowest BCUT2D eigenvalue weighted by Crippen LogP contribution is -2.54. The first-order valence-electron chi connectivity index (χ1n) is 12.1. The Morgan fingerprint density at radius 2 is 1.84 bits per heavy atom. The maximum absolute atomic E-state index is 15.0. The minimum atomic E-state index is -0.737. The Labute approximate surface area is 230 Å². The molecule has 2 heterocycles. The third-order valence-corrected chi connectivity index (χ3v) is 6.84. The zero-order valence-electron chi connectivity index (χ0n) is 21.2. The number of pyridine rings is 1. The van der Waals surface area contributed by atoms with Crippen LogP contribution in [0.3, 0.4) is 0 Å². The first-order valence-corrected chi connectivity index (χ1v) is 12.8. The van der Waals surface area contributed by atoms with E-state index in [2.05, 4.69) is 29.5 Å². The molecule has 1 amide bonds. The number of nitrogen functional groups attached to an aromatic ring is 1. The summed E-state index contributed by atoms with van der Waals surface area (Å²) in [5.74, 6) is -0.829. The van der Waals surface area contributed by atoms with E-state index < -0.39 is 23.5 Å². The maximum Gasteiger partial charge on any atom is 0.274 e. The maximum atomic E-state index is 15.0. The highest BCUT2D eigenvalue weighted by Crippen LogP contribution is 2.33. The van der Waals surface area contributed by atoms with Crippen LogP contribution in [0.15, 0.2) is 48.8 Å². The number of carbonyl (C=O) groups is 1. The van der Waals surface area contributed by atoms with Crippen LogP contribution in [0.25, 0.3) is 0 Å². The van der Waals surface area contributed by atoms with E-state index in [1.54, 1.807) is 31.2 Å². The largest absolute Gasteiger partial charge is 0.486 e. The molecule has 1 aliphatic heterocycles. The van der Waals surface area contributed by atoms with E-state index in [1.807, 2.05) is 4.90 Å². The number of nitrogens with one attached hydrogen (secondary N) is 3. The highest BCUT2D eigenvalue weighted by atomic mass is 35.5. The number of hydrogen-bond donors (Lipinski definition) is 4. The van der Waals surface area contributed by atoms with Gasteiger partial charge in [0.15, 0.2) is 0 Å². The molecule has 0 radical (unpaired) electrons. The minimum absolute atomic E-state index is 0.167. The van der Waals surface area contributed by atoms with Crippen LogP contribution in [0.1, 0.15) is 38.0 Å². The van der Waals surface area contributed by atoms with Crippen LogP contribution in [-0.4, -0.2) is 41.8 Å². The molecule has 1 aliphatic rings. The van der Waals surface area contributed by atoms with Crippen LogP contribution in [-0.2, 0) is 4.79 Å². The molecule has 0 bridgehead atoms. The summed E-state index contributed by atoms with van der Waals surface area (Å²) in [5.41, 5.74) is 7.32. The lowest BCUT2D eigenvalue weighted by Gasteiger charge is -2.37. The normalized spacial score (nSPS) is 18.1. The summed E-state index contributed by atoms with van der Waals surface area (Å²) in [4.78, 5) is 18.8. The second kappa shape index (κ2) is 11.6. The van der Waals surface area contributed by atoms with Crippen LogP contribution in [0.2, 0.25) is 10.0 Å². The summed E-state index contributed by atoms with van der Waals surface area (Å²) in [6, 6.07) is 9.62. The van der Waals surface area contributed by atoms with E-state index in [9.17, 15) is 9.18 Å². The van der Waals surface area contributed by atoms with Gasteiger partial charge in [0.05, 0.1) is 15.7 Å². The molecule has 1 aromatic heterocycles. The summed E-state index contributed by atoms with van der Waals surface area (Å²) >= 11 is 12.5. The molecule has 0 saturated carbocycles. The van der Waals surface area contributed by atoms with Crippen molar-refractivity contribution in [3.8, 4) is 5.75 Å². The van der Waals surface area contributed by atoms with E-state index >= 15 is 0 Å². The molecule has 1 saturated heterocycles. The monoisotopic (exact) mass is 558 g/mol. The third-order valence-electron chi connectivity index (χ3n) is 6.23. The number of ether oxygens (including phenoxy) is 1. The van der Waals surface area contributed by atoms with Gasteiger partial charge in [0.1, 0.15) is 23.4 Å². The SMILES string of the molecule is CC1CN(c2ccc(NC(=O)C(=N)c3cc(OC(C)c4c(Cl)cncc4Cl)ccc3N)cc2F)CC(C)N1. The zero-order chi connectivity index (χ0) is 27.6. The molecular weight excluding hydrogens is 530 g/mol. The van der Waals surface area contributed by atoms with Crippen molar-refractivity contribution in [1.29, 1.82) is 5.41 Å². The topological polar surface area (TPSA) is 116 Å². The van der Waals surface area contributed by atoms with Crippen molar-refractivity contribution < 1.29 is 13.9 Å². The van der Waals surface area contributed by atoms with Crippen LogP contribution >= 0.6 is 23.2 Å². The van der Waals surface area contributed by atoms with Crippen LogP contribution in [0.5, 0.6) is 5.75 Å². The first-order chi connectivity index (χ1) is 18.0. The van der Waals surface area contributed by atoms with Gasteiger partial charge in [-0.05, 0) is 57.2 Å². The molecule has 38 heavy (non-hydrogen) atoms. The number of benzene rings is 2. The van der Waals surface area contributed by atoms with E-state index in [0.717, 1.165) is 0 Å². The van der Waals surface area contributed by atoms with Gasteiger partial charge in [-0.25, -0.2) is 4.39 Å². The number of piperazine rings is 1. The van der Waals surface area contributed by atoms with Gasteiger partial charge in [0.25, 0.3) is 5.91 Å². The summed E-state index contributed by atoms with van der Waals surface area (Å²) in [6.45, 7) is 7.22. The van der Waals surface area contributed by atoms with Gasteiger partial charge in [-0.15, -0.1) is 0 Å². The number of anilines is 3. The molecule has 3 aromatic rings. The van der Waals surface area contributed by atoms with Crippen LogP contribution in [0, 0.1) is 11.2 Å². The Morgan fingerprint density at radius 1 is 1.18 bits per heavy atom. The summed E-state index contributed by atoms with van der Waals surface area (Å²) in [6.07, 6.45) is 2.40. The van der Waals surface area contributed by atoms with Crippen LogP contribution < -0.4 is 26.0 Å². The van der Waals surface area contributed by atoms with E-state index in [0.29, 0.717) is 40.1 Å². The summed E-state index contributed by atoms with van der Waals surface area (Å²) in [5, 5.41) is 15.1. The van der Waals surface area contributed by atoms with Gasteiger partial charge in [-0.3, -0.25) is 15.2 Å². The Morgan fingerprint density at radius 3 is 2.47 bits per heavy atom. The molecule has 4 rings (SSSR count). The number of nitrogens with zero attached hydrogens (tertiary/aromatic N) is 2. The predicted octanol–water partition coefficient (Wildman–Crippen LogP) is 5.44. The van der Waals surface area contributed by atoms with Crippen molar-refractivity contribution >= 4 is 51.9 Å². The van der Waals surface area contributed by atoms with Gasteiger partial charge in [0.2, 0.25) is 0 Å². The molecule has 200 valence electrons. The second-order valence-corrected chi connectivity index (χ2v) is 10.2. The van der Waals surface area contributed by atoms with Gasteiger partial charge in [-0.2, -0.15) is 0 Å². The number of rotatable bonds is 7. The standard InChI is InChI=1S/C27H29Cl2FN6O2/c1-14-12-36(13-15(2)34-14)24-7-4-17(8-22(24)30)35-27(37)26(32)19-9-18(5-6-23(19)31)38-16(3)25-20(28)10-33-11-21(25)29/h4-11,14-16,32,34H,12-13,31H2,1-3H3,(H,35,37). The smallest absolute Gasteiger partial charge is 0.274 e. The van der Waals surface area contributed by atoms with Crippen LogP contribution in [0.4, 0.5) is 21.5 Å². The highest BCUT2D eigenvalue weighted by molar-refractivity contribution is 6.48. The van der Waals surface area contributed by atoms with Crippen molar-refractivity contribution in [1.82, 2.24) is 10.3 Å². The lowest BCUT2D eigenvalue weighted by molar-refractivity contribution is -0.110. The fraction of sp³-hybridized carbons (Fsp3) is 0.296. The molecule has 2 aromatic carbocycles. The lowest BCUT2D eigenvalue weighted by atomic mass is 10.1. The molecule has 5 N–H and O–H groups in total. The fourth-order valence-electron chi connectivity index (χ4n) is 4.58. The van der Waals surface area contributed by atoms with Crippen molar-refractivity contribution in [3.05, 3.63) is 75.8 Å². The number of amides is 1. The number of nitrogens with two attached hydrogens (primary N) is 1. The molecule has 0 spiro atoms. The van der Waals surface area contributed by atoms with E-state index in [-0.39, 0.29) is 29.0 Å². The minimum Gasteiger partial charge on any atom is -0.486 e. The molecule has 1 fully saturated rings. The average molecular weight is 559 g/mol. The number of carbonyl (C=O) groups excluding carboxylic acids is 1. The Balaban J connectivity index is 1.47. The number of aromatic nitrogens is 1. The molecule has 3 atom stereocenters. The van der Waals surface area contributed by atoms with E-state index in [4.69, 9.17) is 39.1 Å². The Kier molecular flexibility index (Phi) is 8.40. The Hall–Kier alpha value is -3.40. The molecular formula is C27H29Cl2FN6O2. The van der Waals surface area contributed by atoms with Gasteiger partial charge >= 0.3 is 0 Å². The molecule has 8 nitrogen and oxygen atoms in total. The summed E-state index contributed by atoms with van der Waals surface area (Å²) in [7, 11) is 0. The average Bonchev–Trinajstić information content (AvgIpc) is 2.84. The predicted molar refractivity (Wildman–Crippen MR) is 150 cm³/mol. The van der Waals surface area contributed by atoms with Gasteiger partial charge < -0.3 is 26.0 Å². The highest BCUT2D eigenvalue weighted by Gasteiger charge is 2.24. The van der Waals surface area contributed by atoms with E-state index in [1.165, 1.54) is 24.5 Å². The van der Waals surface area contributed by atoms with Crippen molar-refractivity contribution in [2.45, 2.75) is 39.0 Å². The summed E-state index contributed by atoms with van der Waals surface area (Å²) < 4.78 is 20.9. The van der Waals surface area contributed by atoms with Crippen molar-refractivity contribution in [2.75, 3.05) is 29.0 Å². The van der Waals surface area contributed by atoms with Gasteiger partial charge in [-0.1, -0.05) is 23.2 Å². The zero-order valence-corrected chi connectivity index (χ0v) is 22.7. The molecule has 0 aliphatic carbocycles. The number of halogens is 3. The quantitative estimate of drug-likeness (QED) is 0.226. The Bertz CT molecular complexity index is 1340. The fourth-order valence-corrected chi connectivity index (χ4v) is 5.25. The van der Waals surface area contributed by atoms with Gasteiger partial charge in [0, 0.05) is 60.1 Å². The number of hydrogen-bond acceptors (Lipinski definition) is 7. The van der Waals surface area contributed by atoms with Crippen molar-refractivity contribution in [3.63, 3.8) is 0 Å². The first kappa shape index (κ1) is 27.6.